The number of fused-ring (bicyclic) bond motifs is 3. The highest BCUT2D eigenvalue weighted by Crippen LogP contribution is 2.40. The van der Waals surface area contributed by atoms with Gasteiger partial charge in [0.05, 0.1) is 10.6 Å². The molecule has 0 saturated carbocycles. The molecule has 0 aromatic carbocycles. The van der Waals surface area contributed by atoms with Crippen molar-refractivity contribution in [3.05, 3.63) is 11.5 Å². The lowest BCUT2D eigenvalue weighted by Crippen LogP contribution is -2.40. The van der Waals surface area contributed by atoms with Gasteiger partial charge in [-0.2, -0.15) is 0 Å². The van der Waals surface area contributed by atoms with E-state index in [9.17, 15) is 0 Å². The van der Waals surface area contributed by atoms with Crippen molar-refractivity contribution in [3.63, 3.8) is 0 Å². The molecule has 1 saturated heterocycles. The Morgan fingerprint density at radius 3 is 3.00 bits per heavy atom. The summed E-state index contributed by atoms with van der Waals surface area (Å²) >= 11 is 1.98. The standard InChI is InChI=1S/C14H21N3S/c1-3-12-13-14(16-10(2)15-12)17-8-6-4-5-7-11(17)9-18-13/h11H,3-9H2,1-2H3. The summed E-state index contributed by atoms with van der Waals surface area (Å²) in [7, 11) is 0. The number of rotatable bonds is 1. The van der Waals surface area contributed by atoms with Gasteiger partial charge >= 0.3 is 0 Å². The predicted octanol–water partition coefficient (Wildman–Crippen LogP) is 3.20. The molecule has 3 heterocycles. The molecule has 2 aliphatic heterocycles. The first-order valence-corrected chi connectivity index (χ1v) is 8.05. The molecular weight excluding hydrogens is 242 g/mol. The first-order valence-electron chi connectivity index (χ1n) is 7.06. The number of thioether (sulfide) groups is 1. The molecule has 0 amide bonds. The second kappa shape index (κ2) is 5.08. The summed E-state index contributed by atoms with van der Waals surface area (Å²) in [6.07, 6.45) is 6.40. The smallest absolute Gasteiger partial charge is 0.146 e. The molecule has 0 N–H and O–H groups in total. The zero-order valence-corrected chi connectivity index (χ0v) is 12.1. The summed E-state index contributed by atoms with van der Waals surface area (Å²) in [5.74, 6) is 3.37. The van der Waals surface area contributed by atoms with Gasteiger partial charge in [0.25, 0.3) is 0 Å². The summed E-state index contributed by atoms with van der Waals surface area (Å²) in [4.78, 5) is 13.3. The Bertz CT molecular complexity index is 447. The van der Waals surface area contributed by atoms with Gasteiger partial charge in [0, 0.05) is 18.3 Å². The van der Waals surface area contributed by atoms with Crippen molar-refractivity contribution in [1.82, 2.24) is 9.97 Å². The Morgan fingerprint density at radius 2 is 2.17 bits per heavy atom. The molecule has 1 unspecified atom stereocenters. The Balaban J connectivity index is 2.04. The van der Waals surface area contributed by atoms with Gasteiger partial charge in [0.15, 0.2) is 0 Å². The van der Waals surface area contributed by atoms with E-state index in [0.29, 0.717) is 6.04 Å². The lowest BCUT2D eigenvalue weighted by atomic mass is 10.1. The molecule has 98 valence electrons. The average Bonchev–Trinajstić information content (AvgIpc) is 2.62. The van der Waals surface area contributed by atoms with Crippen LogP contribution in [0.4, 0.5) is 5.82 Å². The Kier molecular flexibility index (Phi) is 3.46. The third kappa shape index (κ3) is 2.11. The van der Waals surface area contributed by atoms with E-state index in [-0.39, 0.29) is 0 Å². The molecule has 0 bridgehead atoms. The molecule has 2 aliphatic rings. The van der Waals surface area contributed by atoms with Crippen LogP contribution in [0, 0.1) is 6.92 Å². The fraction of sp³-hybridized carbons (Fsp3) is 0.714. The Labute approximate surface area is 113 Å². The highest BCUT2D eigenvalue weighted by molar-refractivity contribution is 7.99. The Morgan fingerprint density at radius 1 is 1.28 bits per heavy atom. The maximum absolute atomic E-state index is 4.74. The highest BCUT2D eigenvalue weighted by Gasteiger charge is 2.30. The first-order chi connectivity index (χ1) is 8.79. The summed E-state index contributed by atoms with van der Waals surface area (Å²) in [5, 5.41) is 0. The van der Waals surface area contributed by atoms with E-state index in [1.54, 1.807) is 0 Å². The van der Waals surface area contributed by atoms with Gasteiger partial charge in [-0.05, 0) is 26.2 Å². The van der Waals surface area contributed by atoms with E-state index < -0.39 is 0 Å². The van der Waals surface area contributed by atoms with Crippen molar-refractivity contribution in [3.8, 4) is 0 Å². The van der Waals surface area contributed by atoms with Crippen LogP contribution in [-0.2, 0) is 6.42 Å². The fourth-order valence-electron chi connectivity index (χ4n) is 3.00. The number of aromatic nitrogens is 2. The van der Waals surface area contributed by atoms with Gasteiger partial charge in [-0.3, -0.25) is 0 Å². The van der Waals surface area contributed by atoms with Crippen LogP contribution in [0.15, 0.2) is 4.90 Å². The van der Waals surface area contributed by atoms with Crippen molar-refractivity contribution in [2.24, 2.45) is 0 Å². The third-order valence-corrected chi connectivity index (χ3v) is 5.19. The van der Waals surface area contributed by atoms with E-state index in [1.165, 1.54) is 54.4 Å². The van der Waals surface area contributed by atoms with Crippen LogP contribution in [0.3, 0.4) is 0 Å². The van der Waals surface area contributed by atoms with Crippen LogP contribution in [0.1, 0.15) is 44.1 Å². The summed E-state index contributed by atoms with van der Waals surface area (Å²) in [6.45, 7) is 5.39. The molecule has 3 nitrogen and oxygen atoms in total. The van der Waals surface area contributed by atoms with Crippen LogP contribution in [-0.4, -0.2) is 28.3 Å². The molecule has 1 aromatic heterocycles. The monoisotopic (exact) mass is 263 g/mol. The van der Waals surface area contributed by atoms with Gasteiger partial charge in [0.1, 0.15) is 11.6 Å². The first kappa shape index (κ1) is 12.3. The zero-order valence-electron chi connectivity index (χ0n) is 11.3. The molecule has 1 atom stereocenters. The van der Waals surface area contributed by atoms with Crippen molar-refractivity contribution in [2.45, 2.75) is 56.9 Å². The lowest BCUT2D eigenvalue weighted by Gasteiger charge is -2.36. The molecular formula is C14H21N3S. The van der Waals surface area contributed by atoms with Crippen molar-refractivity contribution in [1.29, 1.82) is 0 Å². The second-order valence-corrected chi connectivity index (χ2v) is 6.26. The number of nitrogens with zero attached hydrogens (tertiary/aromatic N) is 3. The minimum Gasteiger partial charge on any atom is -0.352 e. The van der Waals surface area contributed by atoms with Crippen LogP contribution in [0.2, 0.25) is 0 Å². The van der Waals surface area contributed by atoms with Gasteiger partial charge in [-0.25, -0.2) is 9.97 Å². The second-order valence-electron chi connectivity index (χ2n) is 5.23. The minimum absolute atomic E-state index is 0.698. The van der Waals surface area contributed by atoms with Crippen LogP contribution < -0.4 is 4.90 Å². The van der Waals surface area contributed by atoms with Crippen LogP contribution in [0.5, 0.6) is 0 Å². The largest absolute Gasteiger partial charge is 0.352 e. The van der Waals surface area contributed by atoms with Gasteiger partial charge in [-0.15, -0.1) is 11.8 Å². The fourth-order valence-corrected chi connectivity index (χ4v) is 4.35. The quantitative estimate of drug-likeness (QED) is 0.778. The highest BCUT2D eigenvalue weighted by atomic mass is 32.2. The molecule has 4 heteroatoms. The van der Waals surface area contributed by atoms with Crippen molar-refractivity contribution in [2.75, 3.05) is 17.2 Å². The van der Waals surface area contributed by atoms with E-state index in [1.807, 2.05) is 18.7 Å². The van der Waals surface area contributed by atoms with Crippen LogP contribution in [0.25, 0.3) is 0 Å². The normalized spacial score (nSPS) is 23.2. The van der Waals surface area contributed by atoms with Gasteiger partial charge in [-0.1, -0.05) is 19.8 Å². The molecule has 18 heavy (non-hydrogen) atoms. The molecule has 1 fully saturated rings. The average molecular weight is 263 g/mol. The number of anilines is 1. The molecule has 0 spiro atoms. The molecule has 0 radical (unpaired) electrons. The van der Waals surface area contributed by atoms with E-state index >= 15 is 0 Å². The number of hydrogen-bond donors (Lipinski definition) is 0. The minimum atomic E-state index is 0.698. The van der Waals surface area contributed by atoms with Gasteiger partial charge in [0.2, 0.25) is 0 Å². The zero-order chi connectivity index (χ0) is 12.5. The van der Waals surface area contributed by atoms with Crippen LogP contribution >= 0.6 is 11.8 Å². The van der Waals surface area contributed by atoms with E-state index in [4.69, 9.17) is 4.98 Å². The number of hydrogen-bond acceptors (Lipinski definition) is 4. The summed E-state index contributed by atoms with van der Waals surface area (Å²) in [6, 6.07) is 0.698. The molecule has 1 aromatic rings. The summed E-state index contributed by atoms with van der Waals surface area (Å²) < 4.78 is 0. The lowest BCUT2D eigenvalue weighted by molar-refractivity contribution is 0.604. The van der Waals surface area contributed by atoms with E-state index in [2.05, 4.69) is 16.8 Å². The third-order valence-electron chi connectivity index (χ3n) is 3.93. The Hall–Kier alpha value is -0.770. The maximum Gasteiger partial charge on any atom is 0.146 e. The van der Waals surface area contributed by atoms with E-state index in [0.717, 1.165) is 12.2 Å². The topological polar surface area (TPSA) is 29.0 Å². The number of aryl methyl sites for hydroxylation is 2. The summed E-state index contributed by atoms with van der Waals surface area (Å²) in [5.41, 5.74) is 1.24. The van der Waals surface area contributed by atoms with Crippen molar-refractivity contribution >= 4 is 17.6 Å². The molecule has 3 rings (SSSR count). The SMILES string of the molecule is CCc1nc(C)nc2c1SCC1CCCCCN21. The predicted molar refractivity (Wildman–Crippen MR) is 76.5 cm³/mol. The maximum atomic E-state index is 4.74. The van der Waals surface area contributed by atoms with Gasteiger partial charge < -0.3 is 4.90 Å². The van der Waals surface area contributed by atoms with Crippen molar-refractivity contribution < 1.29 is 0 Å². The molecule has 0 aliphatic carbocycles.